The van der Waals surface area contributed by atoms with Gasteiger partial charge < -0.3 is 20.0 Å². The third-order valence-electron chi connectivity index (χ3n) is 3.53. The van der Waals surface area contributed by atoms with Crippen molar-refractivity contribution in [3.05, 3.63) is 40.0 Å². The second-order valence-electron chi connectivity index (χ2n) is 4.87. The van der Waals surface area contributed by atoms with Gasteiger partial charge in [0, 0.05) is 11.8 Å². The van der Waals surface area contributed by atoms with Crippen LogP contribution in [0, 0.1) is 13.8 Å². The van der Waals surface area contributed by atoms with E-state index in [1.807, 2.05) is 19.9 Å². The maximum atomic E-state index is 12.1. The summed E-state index contributed by atoms with van der Waals surface area (Å²) in [7, 11) is 1.56. The molecule has 21 heavy (non-hydrogen) atoms. The standard InChI is InChI=1S/C15H15N3O3/c1-7-14(8(2)21-18-7)10-4-12-9(5-13(10)20-3)15(19)11(16)6-17-12/h4-6H,16H2,1-3H3,(H,17,19). The average molecular weight is 285 g/mol. The third kappa shape index (κ3) is 1.96. The molecule has 6 nitrogen and oxygen atoms in total. The molecule has 0 aliphatic rings. The number of rotatable bonds is 2. The maximum Gasteiger partial charge on any atom is 0.212 e. The third-order valence-corrected chi connectivity index (χ3v) is 3.53. The zero-order valence-electron chi connectivity index (χ0n) is 12.0. The Labute approximate surface area is 120 Å². The Bertz CT molecular complexity index is 874. The van der Waals surface area contributed by atoms with Gasteiger partial charge in [0.25, 0.3) is 0 Å². The predicted octanol–water partition coefficient (Wildman–Crippen LogP) is 2.39. The highest BCUT2D eigenvalue weighted by molar-refractivity contribution is 5.90. The fourth-order valence-electron chi connectivity index (χ4n) is 2.50. The number of methoxy groups -OCH3 is 1. The van der Waals surface area contributed by atoms with Crippen molar-refractivity contribution in [2.75, 3.05) is 12.8 Å². The molecule has 2 aromatic heterocycles. The lowest BCUT2D eigenvalue weighted by atomic mass is 10.0. The van der Waals surface area contributed by atoms with E-state index in [9.17, 15) is 4.79 Å². The van der Waals surface area contributed by atoms with Crippen molar-refractivity contribution in [3.63, 3.8) is 0 Å². The van der Waals surface area contributed by atoms with Crippen molar-refractivity contribution < 1.29 is 9.26 Å². The molecule has 3 rings (SSSR count). The van der Waals surface area contributed by atoms with Crippen molar-refractivity contribution in [1.29, 1.82) is 0 Å². The van der Waals surface area contributed by atoms with E-state index < -0.39 is 0 Å². The SMILES string of the molecule is COc1cc2c(=O)c(N)c[nH]c2cc1-c1c(C)noc1C. The number of aryl methyl sites for hydroxylation is 2. The predicted molar refractivity (Wildman–Crippen MR) is 80.5 cm³/mol. The number of hydrogen-bond acceptors (Lipinski definition) is 5. The van der Waals surface area contributed by atoms with Gasteiger partial charge in [0.05, 0.1) is 35.0 Å². The summed E-state index contributed by atoms with van der Waals surface area (Å²) in [6.45, 7) is 3.70. The van der Waals surface area contributed by atoms with E-state index in [0.29, 0.717) is 22.4 Å². The second-order valence-corrected chi connectivity index (χ2v) is 4.87. The van der Waals surface area contributed by atoms with E-state index in [0.717, 1.165) is 16.8 Å². The number of ether oxygens (including phenoxy) is 1. The molecule has 0 bridgehead atoms. The number of hydrogen-bond donors (Lipinski definition) is 2. The molecule has 1 aromatic carbocycles. The van der Waals surface area contributed by atoms with Gasteiger partial charge in [-0.25, -0.2) is 0 Å². The summed E-state index contributed by atoms with van der Waals surface area (Å²) in [5, 5.41) is 4.45. The zero-order valence-corrected chi connectivity index (χ0v) is 12.0. The zero-order chi connectivity index (χ0) is 15.1. The van der Waals surface area contributed by atoms with E-state index in [1.54, 1.807) is 13.2 Å². The van der Waals surface area contributed by atoms with Crippen molar-refractivity contribution in [2.24, 2.45) is 0 Å². The monoisotopic (exact) mass is 285 g/mol. The van der Waals surface area contributed by atoms with E-state index in [-0.39, 0.29) is 11.1 Å². The topological polar surface area (TPSA) is 94.1 Å². The summed E-state index contributed by atoms with van der Waals surface area (Å²) >= 11 is 0. The van der Waals surface area contributed by atoms with Crippen LogP contribution in [-0.2, 0) is 0 Å². The highest BCUT2D eigenvalue weighted by Crippen LogP contribution is 2.36. The number of pyridine rings is 1. The number of nitrogens with zero attached hydrogens (tertiary/aromatic N) is 1. The van der Waals surface area contributed by atoms with Crippen LogP contribution in [-0.4, -0.2) is 17.3 Å². The Morgan fingerprint density at radius 2 is 2.10 bits per heavy atom. The van der Waals surface area contributed by atoms with Gasteiger partial charge >= 0.3 is 0 Å². The molecule has 6 heteroatoms. The normalized spacial score (nSPS) is 11.0. The number of nitrogens with two attached hydrogens (primary N) is 1. The molecule has 0 spiro atoms. The molecule has 0 atom stereocenters. The molecule has 0 unspecified atom stereocenters. The van der Waals surface area contributed by atoms with Gasteiger partial charge in [0.15, 0.2) is 0 Å². The highest BCUT2D eigenvalue weighted by atomic mass is 16.5. The van der Waals surface area contributed by atoms with Crippen LogP contribution in [0.3, 0.4) is 0 Å². The molecule has 0 fully saturated rings. The Hall–Kier alpha value is -2.76. The first-order valence-electron chi connectivity index (χ1n) is 6.45. The fraction of sp³-hybridized carbons (Fsp3) is 0.200. The van der Waals surface area contributed by atoms with Crippen molar-refractivity contribution >= 4 is 16.6 Å². The van der Waals surface area contributed by atoms with E-state index in [4.69, 9.17) is 15.0 Å². The summed E-state index contributed by atoms with van der Waals surface area (Å²) in [5.41, 5.74) is 8.75. The molecule has 0 aliphatic carbocycles. The lowest BCUT2D eigenvalue weighted by Gasteiger charge is -2.10. The number of benzene rings is 1. The summed E-state index contributed by atoms with van der Waals surface area (Å²) in [6, 6.07) is 3.53. The van der Waals surface area contributed by atoms with Crippen molar-refractivity contribution in [3.8, 4) is 16.9 Å². The molecule has 3 N–H and O–H groups in total. The summed E-state index contributed by atoms with van der Waals surface area (Å²) in [5.74, 6) is 1.27. The molecule has 2 heterocycles. The largest absolute Gasteiger partial charge is 0.496 e. The molecular formula is C15H15N3O3. The van der Waals surface area contributed by atoms with Crippen LogP contribution >= 0.6 is 0 Å². The number of nitrogen functional groups attached to an aromatic ring is 1. The second kappa shape index (κ2) is 4.66. The van der Waals surface area contributed by atoms with Gasteiger partial charge in [0.1, 0.15) is 11.5 Å². The van der Waals surface area contributed by atoms with Crippen LogP contribution in [0.2, 0.25) is 0 Å². The highest BCUT2D eigenvalue weighted by Gasteiger charge is 2.18. The number of aromatic nitrogens is 2. The maximum absolute atomic E-state index is 12.1. The van der Waals surface area contributed by atoms with Gasteiger partial charge in [-0.2, -0.15) is 0 Å². The Balaban J connectivity index is 2.39. The van der Waals surface area contributed by atoms with Crippen molar-refractivity contribution in [2.45, 2.75) is 13.8 Å². The van der Waals surface area contributed by atoms with Crippen LogP contribution in [0.25, 0.3) is 22.0 Å². The van der Waals surface area contributed by atoms with Gasteiger partial charge in [-0.15, -0.1) is 0 Å². The molecular weight excluding hydrogens is 270 g/mol. The number of nitrogens with one attached hydrogen (secondary N) is 1. The average Bonchev–Trinajstić information content (AvgIpc) is 2.81. The van der Waals surface area contributed by atoms with Crippen LogP contribution in [0.1, 0.15) is 11.5 Å². The molecule has 3 aromatic rings. The van der Waals surface area contributed by atoms with Crippen LogP contribution in [0.15, 0.2) is 27.6 Å². The first-order valence-corrected chi connectivity index (χ1v) is 6.45. The van der Waals surface area contributed by atoms with E-state index in [1.165, 1.54) is 6.20 Å². The molecule has 0 saturated heterocycles. The minimum atomic E-state index is -0.215. The minimum Gasteiger partial charge on any atom is -0.496 e. The summed E-state index contributed by atoms with van der Waals surface area (Å²) < 4.78 is 10.6. The number of H-pyrrole nitrogens is 1. The summed E-state index contributed by atoms with van der Waals surface area (Å²) in [4.78, 5) is 15.1. The Kier molecular flexibility index (Phi) is 2.94. The molecule has 0 saturated carbocycles. The first kappa shape index (κ1) is 13.2. The van der Waals surface area contributed by atoms with Gasteiger partial charge in [-0.1, -0.05) is 5.16 Å². The lowest BCUT2D eigenvalue weighted by Crippen LogP contribution is -2.09. The quantitative estimate of drug-likeness (QED) is 0.754. The Morgan fingerprint density at radius 1 is 1.33 bits per heavy atom. The molecule has 108 valence electrons. The number of fused-ring (bicyclic) bond motifs is 1. The van der Waals surface area contributed by atoms with Crippen LogP contribution in [0.5, 0.6) is 5.75 Å². The van der Waals surface area contributed by atoms with Crippen molar-refractivity contribution in [1.82, 2.24) is 10.1 Å². The first-order chi connectivity index (χ1) is 10.0. The summed E-state index contributed by atoms with van der Waals surface area (Å²) in [6.07, 6.45) is 1.49. The van der Waals surface area contributed by atoms with E-state index >= 15 is 0 Å². The fourth-order valence-corrected chi connectivity index (χ4v) is 2.50. The van der Waals surface area contributed by atoms with Gasteiger partial charge in [-0.3, -0.25) is 4.79 Å². The van der Waals surface area contributed by atoms with Crippen LogP contribution < -0.4 is 15.9 Å². The van der Waals surface area contributed by atoms with Gasteiger partial charge in [-0.05, 0) is 26.0 Å². The number of aromatic amines is 1. The molecule has 0 aliphatic heterocycles. The van der Waals surface area contributed by atoms with Crippen LogP contribution in [0.4, 0.5) is 5.69 Å². The smallest absolute Gasteiger partial charge is 0.212 e. The minimum absolute atomic E-state index is 0.176. The lowest BCUT2D eigenvalue weighted by molar-refractivity contribution is 0.393. The Morgan fingerprint density at radius 3 is 2.71 bits per heavy atom. The number of anilines is 1. The molecule has 0 radical (unpaired) electrons. The van der Waals surface area contributed by atoms with E-state index in [2.05, 4.69) is 10.1 Å². The van der Waals surface area contributed by atoms with Gasteiger partial charge in [0.2, 0.25) is 5.43 Å². The molecule has 0 amide bonds.